The minimum atomic E-state index is -1.10. The standard InChI is InChI=1S/C15H19NO4/c1-2-13(17)12(10-15(19)20)16-14(18)9-8-11-6-4-3-5-7-11/h3-7,12H,2,8-10H2,1H3,(H,16,18)(H,19,20)/t12-/m0/s1. The molecule has 2 N–H and O–H groups in total. The molecule has 1 atom stereocenters. The lowest BCUT2D eigenvalue weighted by atomic mass is 10.1. The molecule has 0 spiro atoms. The van der Waals surface area contributed by atoms with Crippen molar-refractivity contribution in [1.82, 2.24) is 5.32 Å². The Hall–Kier alpha value is -2.17. The molecule has 0 aliphatic heterocycles. The van der Waals surface area contributed by atoms with E-state index < -0.39 is 12.0 Å². The predicted molar refractivity (Wildman–Crippen MR) is 74.2 cm³/mol. The summed E-state index contributed by atoms with van der Waals surface area (Å²) >= 11 is 0. The Morgan fingerprint density at radius 2 is 1.85 bits per heavy atom. The first-order valence-electron chi connectivity index (χ1n) is 6.60. The summed E-state index contributed by atoms with van der Waals surface area (Å²) in [5.74, 6) is -1.66. The normalized spacial score (nSPS) is 11.7. The van der Waals surface area contributed by atoms with Gasteiger partial charge in [0.25, 0.3) is 0 Å². The minimum Gasteiger partial charge on any atom is -0.481 e. The van der Waals surface area contributed by atoms with Gasteiger partial charge in [0.2, 0.25) is 5.91 Å². The lowest BCUT2D eigenvalue weighted by Crippen LogP contribution is -2.42. The molecule has 0 heterocycles. The number of hydrogen-bond donors (Lipinski definition) is 2. The predicted octanol–water partition coefficient (Wildman–Crippen LogP) is 1.56. The molecule has 1 amide bonds. The second kappa shape index (κ2) is 8.09. The summed E-state index contributed by atoms with van der Waals surface area (Å²) in [5, 5.41) is 11.2. The second-order valence-corrected chi connectivity index (χ2v) is 4.52. The zero-order valence-electron chi connectivity index (χ0n) is 11.5. The number of hydrogen-bond acceptors (Lipinski definition) is 3. The molecule has 5 nitrogen and oxygen atoms in total. The largest absolute Gasteiger partial charge is 0.481 e. The zero-order chi connectivity index (χ0) is 15.0. The molecular formula is C15H19NO4. The van der Waals surface area contributed by atoms with Crippen LogP contribution in [-0.4, -0.2) is 28.8 Å². The fourth-order valence-electron chi connectivity index (χ4n) is 1.84. The van der Waals surface area contributed by atoms with Crippen LogP contribution in [0.25, 0.3) is 0 Å². The van der Waals surface area contributed by atoms with Crippen molar-refractivity contribution in [2.45, 2.75) is 38.6 Å². The summed E-state index contributed by atoms with van der Waals surface area (Å²) in [6.45, 7) is 1.65. The highest BCUT2D eigenvalue weighted by Crippen LogP contribution is 2.04. The number of aliphatic carboxylic acids is 1. The molecule has 5 heteroatoms. The van der Waals surface area contributed by atoms with E-state index >= 15 is 0 Å². The average molecular weight is 277 g/mol. The van der Waals surface area contributed by atoms with Gasteiger partial charge >= 0.3 is 5.97 Å². The first-order valence-corrected chi connectivity index (χ1v) is 6.60. The molecule has 0 aliphatic carbocycles. The number of carbonyl (C=O) groups excluding carboxylic acids is 2. The first kappa shape index (κ1) is 15.9. The van der Waals surface area contributed by atoms with Crippen molar-refractivity contribution in [3.05, 3.63) is 35.9 Å². The maximum atomic E-state index is 11.8. The van der Waals surface area contributed by atoms with Gasteiger partial charge in [-0.05, 0) is 12.0 Å². The molecule has 1 aromatic carbocycles. The van der Waals surface area contributed by atoms with Crippen molar-refractivity contribution in [1.29, 1.82) is 0 Å². The molecule has 0 bridgehead atoms. The molecule has 1 rings (SSSR count). The van der Waals surface area contributed by atoms with Crippen molar-refractivity contribution >= 4 is 17.7 Å². The Balaban J connectivity index is 2.49. The number of carboxylic acid groups (broad SMARTS) is 1. The Bertz CT molecular complexity index is 470. The molecule has 0 saturated heterocycles. The number of nitrogens with one attached hydrogen (secondary N) is 1. The Morgan fingerprint density at radius 3 is 2.40 bits per heavy atom. The van der Waals surface area contributed by atoms with E-state index in [4.69, 9.17) is 5.11 Å². The summed E-state index contributed by atoms with van der Waals surface area (Å²) in [5.41, 5.74) is 1.03. The summed E-state index contributed by atoms with van der Waals surface area (Å²) in [6.07, 6.45) is 0.630. The van der Waals surface area contributed by atoms with E-state index in [1.165, 1.54) is 0 Å². The van der Waals surface area contributed by atoms with Crippen LogP contribution in [0.15, 0.2) is 30.3 Å². The zero-order valence-corrected chi connectivity index (χ0v) is 11.5. The van der Waals surface area contributed by atoms with Gasteiger partial charge in [-0.15, -0.1) is 0 Å². The number of carboxylic acids is 1. The number of rotatable bonds is 8. The summed E-state index contributed by atoms with van der Waals surface area (Å²) in [7, 11) is 0. The van der Waals surface area contributed by atoms with Crippen LogP contribution in [0.5, 0.6) is 0 Å². The van der Waals surface area contributed by atoms with E-state index in [2.05, 4.69) is 5.32 Å². The van der Waals surface area contributed by atoms with Crippen LogP contribution in [0.4, 0.5) is 0 Å². The summed E-state index contributed by atoms with van der Waals surface area (Å²) < 4.78 is 0. The van der Waals surface area contributed by atoms with Gasteiger partial charge in [-0.2, -0.15) is 0 Å². The maximum Gasteiger partial charge on any atom is 0.305 e. The number of benzene rings is 1. The summed E-state index contributed by atoms with van der Waals surface area (Å²) in [6, 6.07) is 8.58. The second-order valence-electron chi connectivity index (χ2n) is 4.52. The van der Waals surface area contributed by atoms with Gasteiger partial charge in [0, 0.05) is 12.8 Å². The first-order chi connectivity index (χ1) is 9.52. The van der Waals surface area contributed by atoms with Crippen molar-refractivity contribution in [3.63, 3.8) is 0 Å². The number of ketones is 1. The van der Waals surface area contributed by atoms with Crippen LogP contribution in [0, 0.1) is 0 Å². The van der Waals surface area contributed by atoms with Crippen molar-refractivity contribution in [3.8, 4) is 0 Å². The van der Waals surface area contributed by atoms with E-state index in [0.717, 1.165) is 5.56 Å². The molecule has 0 fully saturated rings. The third kappa shape index (κ3) is 5.65. The quantitative estimate of drug-likeness (QED) is 0.755. The van der Waals surface area contributed by atoms with Gasteiger partial charge in [-0.1, -0.05) is 37.3 Å². The van der Waals surface area contributed by atoms with Gasteiger partial charge in [-0.3, -0.25) is 14.4 Å². The molecule has 108 valence electrons. The summed E-state index contributed by atoms with van der Waals surface area (Å²) in [4.78, 5) is 34.0. The van der Waals surface area contributed by atoms with Crippen molar-refractivity contribution in [2.75, 3.05) is 0 Å². The third-order valence-electron chi connectivity index (χ3n) is 2.93. The molecule has 0 unspecified atom stereocenters. The highest BCUT2D eigenvalue weighted by atomic mass is 16.4. The van der Waals surface area contributed by atoms with Gasteiger partial charge in [0.05, 0.1) is 12.5 Å². The van der Waals surface area contributed by atoms with Crippen molar-refractivity contribution < 1.29 is 19.5 Å². The Morgan fingerprint density at radius 1 is 1.20 bits per heavy atom. The van der Waals surface area contributed by atoms with Crippen LogP contribution in [0.2, 0.25) is 0 Å². The fraction of sp³-hybridized carbons (Fsp3) is 0.400. The number of Topliss-reactive ketones (excluding diaryl/α,β-unsaturated/α-hetero) is 1. The van der Waals surface area contributed by atoms with Crippen LogP contribution in [0.3, 0.4) is 0 Å². The molecule has 0 aliphatic rings. The Kier molecular flexibility index (Phi) is 6.43. The molecular weight excluding hydrogens is 258 g/mol. The molecule has 0 radical (unpaired) electrons. The van der Waals surface area contributed by atoms with Crippen LogP contribution >= 0.6 is 0 Å². The van der Waals surface area contributed by atoms with Gasteiger partial charge in [0.1, 0.15) is 0 Å². The molecule has 1 aromatic rings. The Labute approximate surface area is 118 Å². The smallest absolute Gasteiger partial charge is 0.305 e. The van der Waals surface area contributed by atoms with E-state index in [1.807, 2.05) is 30.3 Å². The van der Waals surface area contributed by atoms with Crippen LogP contribution in [0.1, 0.15) is 31.7 Å². The van der Waals surface area contributed by atoms with E-state index in [9.17, 15) is 14.4 Å². The fourth-order valence-corrected chi connectivity index (χ4v) is 1.84. The average Bonchev–Trinajstić information content (AvgIpc) is 2.44. The third-order valence-corrected chi connectivity index (χ3v) is 2.93. The lowest BCUT2D eigenvalue weighted by Gasteiger charge is -2.15. The van der Waals surface area contributed by atoms with Gasteiger partial charge in [0.15, 0.2) is 5.78 Å². The topological polar surface area (TPSA) is 83.5 Å². The minimum absolute atomic E-state index is 0.205. The monoisotopic (exact) mass is 277 g/mol. The van der Waals surface area contributed by atoms with E-state index in [0.29, 0.717) is 6.42 Å². The van der Waals surface area contributed by atoms with E-state index in [1.54, 1.807) is 6.92 Å². The number of aryl methyl sites for hydroxylation is 1. The molecule has 20 heavy (non-hydrogen) atoms. The number of amides is 1. The molecule has 0 saturated carbocycles. The van der Waals surface area contributed by atoms with Gasteiger partial charge in [-0.25, -0.2) is 0 Å². The number of carbonyl (C=O) groups is 3. The van der Waals surface area contributed by atoms with Crippen LogP contribution < -0.4 is 5.32 Å². The highest BCUT2D eigenvalue weighted by Gasteiger charge is 2.21. The molecule has 0 aromatic heterocycles. The lowest BCUT2D eigenvalue weighted by molar-refractivity contribution is -0.140. The maximum absolute atomic E-state index is 11.8. The van der Waals surface area contributed by atoms with Crippen molar-refractivity contribution in [2.24, 2.45) is 0 Å². The highest BCUT2D eigenvalue weighted by molar-refractivity contribution is 5.91. The SMILES string of the molecule is CCC(=O)[C@H](CC(=O)O)NC(=O)CCc1ccccc1. The van der Waals surface area contributed by atoms with Gasteiger partial charge < -0.3 is 10.4 Å². The van der Waals surface area contributed by atoms with E-state index in [-0.39, 0.29) is 31.0 Å². The van der Waals surface area contributed by atoms with Crippen LogP contribution in [-0.2, 0) is 20.8 Å².